The largest absolute Gasteiger partial charge is 0.378 e. The summed E-state index contributed by atoms with van der Waals surface area (Å²) in [4.78, 5) is 20.8. The van der Waals surface area contributed by atoms with Gasteiger partial charge in [-0.25, -0.2) is 4.98 Å². The summed E-state index contributed by atoms with van der Waals surface area (Å²) < 4.78 is 10.6. The van der Waals surface area contributed by atoms with Gasteiger partial charge in [-0.15, -0.1) is 11.3 Å². The zero-order chi connectivity index (χ0) is 20.9. The van der Waals surface area contributed by atoms with Crippen molar-refractivity contribution in [1.29, 1.82) is 0 Å². The Kier molecular flexibility index (Phi) is 6.44. The quantitative estimate of drug-likeness (QED) is 0.625. The average Bonchev–Trinajstić information content (AvgIpc) is 3.33. The third-order valence-electron chi connectivity index (χ3n) is 5.21. The maximum Gasteiger partial charge on any atom is 0.225 e. The number of morpholine rings is 1. The summed E-state index contributed by atoms with van der Waals surface area (Å²) in [5.41, 5.74) is 3.87. The van der Waals surface area contributed by atoms with Gasteiger partial charge in [0.25, 0.3) is 0 Å². The zero-order valence-electron chi connectivity index (χ0n) is 17.3. The van der Waals surface area contributed by atoms with Crippen molar-refractivity contribution in [3.05, 3.63) is 52.2 Å². The molecule has 8 heteroatoms. The number of thiazole rings is 1. The van der Waals surface area contributed by atoms with Gasteiger partial charge in [-0.2, -0.15) is 0 Å². The lowest BCUT2D eigenvalue weighted by atomic mass is 10.1. The molecule has 1 amide bonds. The maximum atomic E-state index is 12.7. The molecule has 2 aromatic heterocycles. The molecule has 1 aliphatic rings. The van der Waals surface area contributed by atoms with E-state index in [-0.39, 0.29) is 5.91 Å². The molecular weight excluding hydrogens is 400 g/mol. The van der Waals surface area contributed by atoms with Gasteiger partial charge in [-0.3, -0.25) is 4.79 Å². The Bertz CT molecular complexity index is 974. The van der Waals surface area contributed by atoms with Gasteiger partial charge in [0.1, 0.15) is 5.76 Å². The normalized spacial score (nSPS) is 14.1. The minimum Gasteiger partial charge on any atom is -0.378 e. The van der Waals surface area contributed by atoms with Crippen LogP contribution in [0.2, 0.25) is 0 Å². The van der Waals surface area contributed by atoms with E-state index >= 15 is 0 Å². The van der Waals surface area contributed by atoms with Crippen molar-refractivity contribution in [2.75, 3.05) is 37.7 Å². The fraction of sp³-hybridized carbons (Fsp3) is 0.409. The first kappa shape index (κ1) is 20.6. The highest BCUT2D eigenvalue weighted by Crippen LogP contribution is 2.33. The number of rotatable bonds is 7. The van der Waals surface area contributed by atoms with Gasteiger partial charge in [0.2, 0.25) is 5.91 Å². The Hall–Kier alpha value is -2.71. The first-order chi connectivity index (χ1) is 14.6. The van der Waals surface area contributed by atoms with Gasteiger partial charge < -0.3 is 19.5 Å². The van der Waals surface area contributed by atoms with Gasteiger partial charge in [-0.05, 0) is 20.3 Å². The van der Waals surface area contributed by atoms with Crippen LogP contribution in [0.4, 0.5) is 5.13 Å². The summed E-state index contributed by atoms with van der Waals surface area (Å²) in [6.45, 7) is 7.43. The second-order valence-electron chi connectivity index (χ2n) is 7.31. The van der Waals surface area contributed by atoms with Gasteiger partial charge in [-0.1, -0.05) is 35.5 Å². The molecule has 1 saturated heterocycles. The summed E-state index contributed by atoms with van der Waals surface area (Å²) in [6.07, 6.45) is 1.02. The lowest BCUT2D eigenvalue weighted by Gasteiger charge is -2.26. The summed E-state index contributed by atoms with van der Waals surface area (Å²) in [6, 6.07) is 10.1. The van der Waals surface area contributed by atoms with E-state index in [9.17, 15) is 4.79 Å². The van der Waals surface area contributed by atoms with Crippen molar-refractivity contribution < 1.29 is 14.1 Å². The topological polar surface area (TPSA) is 80.5 Å². The van der Waals surface area contributed by atoms with Crippen molar-refractivity contribution >= 4 is 22.4 Å². The number of aromatic nitrogens is 2. The van der Waals surface area contributed by atoms with E-state index < -0.39 is 0 Å². The average molecular weight is 427 g/mol. The van der Waals surface area contributed by atoms with E-state index in [4.69, 9.17) is 14.2 Å². The lowest BCUT2D eigenvalue weighted by Crippen LogP contribution is -2.36. The van der Waals surface area contributed by atoms with E-state index in [1.165, 1.54) is 0 Å². The second kappa shape index (κ2) is 9.40. The van der Waals surface area contributed by atoms with Crippen molar-refractivity contribution in [1.82, 2.24) is 15.5 Å². The van der Waals surface area contributed by atoms with Crippen LogP contribution in [0.5, 0.6) is 0 Å². The molecule has 1 aliphatic heterocycles. The summed E-state index contributed by atoms with van der Waals surface area (Å²) in [5.74, 6) is 0.807. The first-order valence-electron chi connectivity index (χ1n) is 10.2. The fourth-order valence-electron chi connectivity index (χ4n) is 3.56. The smallest absolute Gasteiger partial charge is 0.225 e. The molecular formula is C22H26N4O3S. The Labute approximate surface area is 180 Å². The monoisotopic (exact) mass is 426 g/mol. The molecule has 4 rings (SSSR count). The fourth-order valence-corrected chi connectivity index (χ4v) is 4.70. The molecule has 0 bridgehead atoms. The van der Waals surface area contributed by atoms with E-state index in [0.717, 1.165) is 51.4 Å². The molecule has 3 heterocycles. The number of carbonyl (C=O) groups is 1. The molecule has 0 atom stereocenters. The van der Waals surface area contributed by atoms with Gasteiger partial charge in [0, 0.05) is 35.6 Å². The van der Waals surface area contributed by atoms with Crippen LogP contribution >= 0.6 is 11.3 Å². The minimum atomic E-state index is -0.00359. The number of aryl methyl sites for hydroxylation is 2. The molecule has 158 valence electrons. The zero-order valence-corrected chi connectivity index (χ0v) is 18.1. The number of benzene rings is 1. The highest BCUT2D eigenvalue weighted by atomic mass is 32.1. The lowest BCUT2D eigenvalue weighted by molar-refractivity contribution is -0.120. The number of nitrogens with zero attached hydrogens (tertiary/aromatic N) is 3. The van der Waals surface area contributed by atoms with Crippen molar-refractivity contribution in [3.63, 3.8) is 0 Å². The molecule has 0 radical (unpaired) electrons. The van der Waals surface area contributed by atoms with Crippen LogP contribution in [0.15, 0.2) is 34.9 Å². The third kappa shape index (κ3) is 4.71. The van der Waals surface area contributed by atoms with Crippen LogP contribution in [-0.4, -0.2) is 48.9 Å². The molecule has 0 saturated carbocycles. The number of nitrogens with one attached hydrogen (secondary N) is 1. The van der Waals surface area contributed by atoms with Crippen LogP contribution in [0, 0.1) is 13.8 Å². The van der Waals surface area contributed by atoms with Crippen molar-refractivity contribution in [2.45, 2.75) is 26.7 Å². The van der Waals surface area contributed by atoms with Gasteiger partial charge >= 0.3 is 0 Å². The molecule has 7 nitrogen and oxygen atoms in total. The van der Waals surface area contributed by atoms with Gasteiger partial charge in [0.05, 0.1) is 31.0 Å². The molecule has 1 N–H and O–H groups in total. The van der Waals surface area contributed by atoms with Crippen LogP contribution in [0.1, 0.15) is 21.9 Å². The van der Waals surface area contributed by atoms with Gasteiger partial charge in [0.15, 0.2) is 5.13 Å². The maximum absolute atomic E-state index is 12.7. The Morgan fingerprint density at radius 1 is 1.20 bits per heavy atom. The second-order valence-corrected chi connectivity index (χ2v) is 8.38. The number of hydrogen-bond acceptors (Lipinski definition) is 7. The number of hydrogen-bond donors (Lipinski definition) is 1. The summed E-state index contributed by atoms with van der Waals surface area (Å²) in [7, 11) is 0. The van der Waals surface area contributed by atoms with Crippen LogP contribution < -0.4 is 10.2 Å². The third-order valence-corrected chi connectivity index (χ3v) is 6.33. The summed E-state index contributed by atoms with van der Waals surface area (Å²) >= 11 is 1.60. The Morgan fingerprint density at radius 2 is 1.97 bits per heavy atom. The highest BCUT2D eigenvalue weighted by molar-refractivity contribution is 7.16. The van der Waals surface area contributed by atoms with E-state index in [1.54, 1.807) is 11.3 Å². The molecule has 0 unspecified atom stereocenters. The predicted octanol–water partition coefficient (Wildman–Crippen LogP) is 3.15. The number of amides is 1. The molecule has 0 spiro atoms. The van der Waals surface area contributed by atoms with E-state index in [1.807, 2.05) is 44.2 Å². The predicted molar refractivity (Wildman–Crippen MR) is 117 cm³/mol. The SMILES string of the molecule is Cc1noc(C)c1CCNC(=O)Cc1sc(N2CCOCC2)nc1-c1ccccc1. The standard InChI is InChI=1S/C22H26N4O3S/c1-15-18(16(2)29-25-15)8-9-23-20(27)14-19-21(17-6-4-3-5-7-17)24-22(30-19)26-10-12-28-13-11-26/h3-7H,8-14H2,1-2H3,(H,23,27). The summed E-state index contributed by atoms with van der Waals surface area (Å²) in [5, 5.41) is 7.95. The number of carbonyl (C=O) groups excluding carboxylic acids is 1. The van der Waals surface area contributed by atoms with Crippen molar-refractivity contribution in [2.24, 2.45) is 0 Å². The number of anilines is 1. The van der Waals surface area contributed by atoms with Crippen LogP contribution in [0.25, 0.3) is 11.3 Å². The molecule has 1 fully saturated rings. The van der Waals surface area contributed by atoms with Crippen LogP contribution in [-0.2, 0) is 22.4 Å². The van der Waals surface area contributed by atoms with Crippen molar-refractivity contribution in [3.8, 4) is 11.3 Å². The minimum absolute atomic E-state index is 0.00359. The van der Waals surface area contributed by atoms with E-state index in [2.05, 4.69) is 15.4 Å². The van der Waals surface area contributed by atoms with E-state index in [0.29, 0.717) is 32.6 Å². The molecule has 30 heavy (non-hydrogen) atoms. The Morgan fingerprint density at radius 3 is 2.67 bits per heavy atom. The number of ether oxygens (including phenoxy) is 1. The molecule has 1 aromatic carbocycles. The highest BCUT2D eigenvalue weighted by Gasteiger charge is 2.21. The molecule has 3 aromatic rings. The van der Waals surface area contributed by atoms with Crippen LogP contribution in [0.3, 0.4) is 0 Å². The molecule has 0 aliphatic carbocycles. The Balaban J connectivity index is 1.46. The first-order valence-corrected chi connectivity index (χ1v) is 11.0.